The van der Waals surface area contributed by atoms with Gasteiger partial charge in [0.15, 0.2) is 0 Å². The van der Waals surface area contributed by atoms with Crippen LogP contribution in [0.25, 0.3) is 0 Å². The van der Waals surface area contributed by atoms with Gasteiger partial charge in [-0.1, -0.05) is 112 Å². The molecule has 3 rings (SSSR count). The van der Waals surface area contributed by atoms with Crippen LogP contribution in [0.2, 0.25) is 0 Å². The Morgan fingerprint density at radius 3 is 2.17 bits per heavy atom. The van der Waals surface area contributed by atoms with E-state index in [0.29, 0.717) is 23.5 Å². The number of aliphatic hydroxyl groups excluding tert-OH is 2. The van der Waals surface area contributed by atoms with Gasteiger partial charge in [0.1, 0.15) is 18.0 Å². The van der Waals surface area contributed by atoms with E-state index in [0.717, 1.165) is 44.1 Å². The molecule has 9 atom stereocenters. The van der Waals surface area contributed by atoms with Gasteiger partial charge in [-0.3, -0.25) is 0 Å². The highest BCUT2D eigenvalue weighted by Gasteiger charge is 2.62. The SMILES string of the molecule is C=C(C)/C=C\C=C=CC.C=C(OC1C=C2CCC3C(CCC(C)(C(C)CC)C3(C)C#N)C2(C)CC1)[C@H](O)CC(O)C(C)C.CC.CC. The minimum absolute atomic E-state index is 0.0595. The third-order valence-corrected chi connectivity index (χ3v) is 11.6. The van der Waals surface area contributed by atoms with Gasteiger partial charge in [-0.15, -0.1) is 5.73 Å². The molecule has 0 heterocycles. The summed E-state index contributed by atoms with van der Waals surface area (Å²) in [5.41, 5.74) is 5.33. The van der Waals surface area contributed by atoms with Crippen molar-refractivity contribution >= 4 is 0 Å². The monoisotopic (exact) mass is 652 g/mol. The average Bonchev–Trinajstić information content (AvgIpc) is 3.06. The predicted molar refractivity (Wildman–Crippen MR) is 203 cm³/mol. The minimum Gasteiger partial charge on any atom is -0.489 e. The predicted octanol–water partition coefficient (Wildman–Crippen LogP) is 11.7. The highest BCUT2D eigenvalue weighted by Crippen LogP contribution is 2.67. The molecule has 0 bridgehead atoms. The van der Waals surface area contributed by atoms with Crippen molar-refractivity contribution in [1.82, 2.24) is 0 Å². The molecule has 0 radical (unpaired) electrons. The zero-order chi connectivity index (χ0) is 36.6. The molecular weight excluding hydrogens is 578 g/mol. The van der Waals surface area contributed by atoms with Crippen LogP contribution in [0.3, 0.4) is 0 Å². The molecule has 0 amide bonds. The van der Waals surface area contributed by atoms with Crippen LogP contribution >= 0.6 is 0 Å². The summed E-state index contributed by atoms with van der Waals surface area (Å²) >= 11 is 0. The van der Waals surface area contributed by atoms with Crippen LogP contribution < -0.4 is 0 Å². The summed E-state index contributed by atoms with van der Waals surface area (Å²) in [6, 6.07) is 2.86. The number of hydrogen-bond acceptors (Lipinski definition) is 4. The van der Waals surface area contributed by atoms with Crippen molar-refractivity contribution in [2.45, 2.75) is 160 Å². The molecule has 0 aromatic heterocycles. The van der Waals surface area contributed by atoms with Crippen molar-refractivity contribution in [3.63, 3.8) is 0 Å². The fourth-order valence-electron chi connectivity index (χ4n) is 7.98. The molecule has 3 aliphatic carbocycles. The first-order valence-corrected chi connectivity index (χ1v) is 18.6. The Morgan fingerprint density at radius 2 is 1.66 bits per heavy atom. The van der Waals surface area contributed by atoms with E-state index < -0.39 is 12.2 Å². The molecule has 0 saturated heterocycles. The van der Waals surface area contributed by atoms with Gasteiger partial charge >= 0.3 is 0 Å². The Labute approximate surface area is 291 Å². The molecule has 2 N–H and O–H groups in total. The first-order chi connectivity index (χ1) is 22.1. The van der Waals surface area contributed by atoms with Gasteiger partial charge in [0, 0.05) is 6.42 Å². The summed E-state index contributed by atoms with van der Waals surface area (Å²) in [6.45, 7) is 35.1. The average molecular weight is 652 g/mol. The van der Waals surface area contributed by atoms with E-state index in [1.807, 2.05) is 79.7 Å². The lowest BCUT2D eigenvalue weighted by Crippen LogP contribution is -2.57. The smallest absolute Gasteiger partial charge is 0.118 e. The summed E-state index contributed by atoms with van der Waals surface area (Å²) in [5.74, 6) is 1.95. The van der Waals surface area contributed by atoms with Gasteiger partial charge in [0.05, 0.1) is 17.6 Å². The fourth-order valence-corrected chi connectivity index (χ4v) is 7.98. The fraction of sp³-hybridized carbons (Fsp3) is 0.721. The van der Waals surface area contributed by atoms with Crippen LogP contribution in [-0.4, -0.2) is 28.5 Å². The zero-order valence-electron chi connectivity index (χ0n) is 32.7. The molecule has 8 unspecified atom stereocenters. The lowest BCUT2D eigenvalue weighted by molar-refractivity contribution is -0.110. The number of rotatable bonds is 10. The van der Waals surface area contributed by atoms with Crippen LogP contribution in [0.4, 0.5) is 0 Å². The maximum atomic E-state index is 10.5. The number of hydrogen-bond donors (Lipinski definition) is 2. The van der Waals surface area contributed by atoms with Crippen LogP contribution in [-0.2, 0) is 4.74 Å². The van der Waals surface area contributed by atoms with E-state index in [9.17, 15) is 15.5 Å². The van der Waals surface area contributed by atoms with Crippen LogP contribution in [0.5, 0.6) is 0 Å². The van der Waals surface area contributed by atoms with E-state index >= 15 is 0 Å². The Hall–Kier alpha value is -2.31. The van der Waals surface area contributed by atoms with Crippen molar-refractivity contribution in [2.75, 3.05) is 0 Å². The highest BCUT2D eigenvalue weighted by molar-refractivity contribution is 5.28. The minimum atomic E-state index is -0.854. The molecule has 2 saturated carbocycles. The van der Waals surface area contributed by atoms with Crippen molar-refractivity contribution < 1.29 is 14.9 Å². The standard InChI is InChI=1S/C30H49NO3.C9H12.2C2H6/c1-9-20(4)29(7)15-13-24-25(30(29,8)18-31)11-10-22-16-23(12-14-28(22,24)6)34-21(5)27(33)17-26(32)19(2)3;1-4-5-6-7-8-9(2)3;2*1-2/h16,19-20,23-27,32-33H,5,9-15,17H2,1-4,6-8H3;4,6-8H,2H2,1,3H3;2*1-2H3/b;8-7-;;/t20?,23?,24?,25?,26?,27-,28?,29?,30?;;;/m1.../s1. The Kier molecular flexibility index (Phi) is 19.9. The summed E-state index contributed by atoms with van der Waals surface area (Å²) < 4.78 is 6.12. The lowest BCUT2D eigenvalue weighted by Gasteiger charge is -2.62. The number of fused-ring (bicyclic) bond motifs is 3. The molecule has 4 heteroatoms. The summed E-state index contributed by atoms with van der Waals surface area (Å²) in [5, 5.41) is 31.1. The molecule has 0 aromatic carbocycles. The maximum Gasteiger partial charge on any atom is 0.118 e. The quantitative estimate of drug-likeness (QED) is 0.107. The Morgan fingerprint density at radius 1 is 1.04 bits per heavy atom. The molecule has 0 aromatic rings. The third-order valence-electron chi connectivity index (χ3n) is 11.6. The first kappa shape index (κ1) is 44.7. The van der Waals surface area contributed by atoms with Crippen LogP contribution in [0.15, 0.2) is 66.2 Å². The largest absolute Gasteiger partial charge is 0.489 e. The van der Waals surface area contributed by atoms with Gasteiger partial charge in [-0.25, -0.2) is 0 Å². The van der Waals surface area contributed by atoms with E-state index in [1.54, 1.807) is 0 Å². The Balaban J connectivity index is 0.00000139. The van der Waals surface area contributed by atoms with E-state index in [-0.39, 0.29) is 34.7 Å². The van der Waals surface area contributed by atoms with Gasteiger partial charge in [-0.2, -0.15) is 5.26 Å². The van der Waals surface area contributed by atoms with Crippen LogP contribution in [0, 0.1) is 51.2 Å². The number of allylic oxidation sites excluding steroid dienone is 5. The molecule has 0 aliphatic heterocycles. The van der Waals surface area contributed by atoms with Crippen molar-refractivity contribution in [3.05, 3.63) is 66.2 Å². The third kappa shape index (κ3) is 11.1. The zero-order valence-corrected chi connectivity index (χ0v) is 32.7. The number of nitriles is 1. The second-order valence-corrected chi connectivity index (χ2v) is 14.5. The van der Waals surface area contributed by atoms with Crippen molar-refractivity contribution in [3.8, 4) is 6.07 Å². The molecular formula is C43H73NO3. The number of nitrogens with zero attached hydrogens (tertiary/aromatic N) is 1. The normalized spacial score (nSPS) is 31.0. The molecule has 268 valence electrons. The second kappa shape index (κ2) is 20.9. The molecule has 4 nitrogen and oxygen atoms in total. The van der Waals surface area contributed by atoms with E-state index in [2.05, 4.69) is 65.7 Å². The Bertz CT molecular complexity index is 1130. The lowest BCUT2D eigenvalue weighted by atomic mass is 9.40. The maximum absolute atomic E-state index is 10.5. The molecule has 2 fully saturated rings. The van der Waals surface area contributed by atoms with Crippen molar-refractivity contribution in [1.29, 1.82) is 5.26 Å². The van der Waals surface area contributed by atoms with Gasteiger partial charge in [0.25, 0.3) is 0 Å². The number of aliphatic hydroxyl groups is 2. The number of ether oxygens (including phenoxy) is 1. The van der Waals surface area contributed by atoms with E-state index in [4.69, 9.17) is 4.74 Å². The molecule has 3 aliphatic rings. The summed E-state index contributed by atoms with van der Waals surface area (Å²) in [4.78, 5) is 0. The highest BCUT2D eigenvalue weighted by atomic mass is 16.5. The van der Waals surface area contributed by atoms with Gasteiger partial charge in [-0.05, 0) is 112 Å². The van der Waals surface area contributed by atoms with Crippen LogP contribution in [0.1, 0.15) is 141 Å². The molecule has 0 spiro atoms. The molecule has 47 heavy (non-hydrogen) atoms. The topological polar surface area (TPSA) is 73.5 Å². The van der Waals surface area contributed by atoms with Gasteiger partial charge in [0.2, 0.25) is 0 Å². The second-order valence-electron chi connectivity index (χ2n) is 14.5. The summed E-state index contributed by atoms with van der Waals surface area (Å²) in [7, 11) is 0. The summed E-state index contributed by atoms with van der Waals surface area (Å²) in [6.07, 6.45) is 16.1. The van der Waals surface area contributed by atoms with E-state index in [1.165, 1.54) is 12.0 Å². The van der Waals surface area contributed by atoms with Crippen molar-refractivity contribution in [2.24, 2.45) is 39.9 Å². The first-order valence-electron chi connectivity index (χ1n) is 18.6. The van der Waals surface area contributed by atoms with Gasteiger partial charge < -0.3 is 14.9 Å².